The van der Waals surface area contributed by atoms with Crippen LogP contribution >= 0.6 is 0 Å². The first-order valence-corrected chi connectivity index (χ1v) is 10.8. The molecule has 4 rings (SSSR count). The highest BCUT2D eigenvalue weighted by atomic mass is 16.5. The van der Waals surface area contributed by atoms with Crippen LogP contribution in [0, 0.1) is 6.92 Å². The summed E-state index contributed by atoms with van der Waals surface area (Å²) >= 11 is 0. The Morgan fingerprint density at radius 1 is 1.19 bits per heavy atom. The van der Waals surface area contributed by atoms with Gasteiger partial charge in [0.2, 0.25) is 5.95 Å². The zero-order valence-corrected chi connectivity index (χ0v) is 18.6. The summed E-state index contributed by atoms with van der Waals surface area (Å²) in [5.41, 5.74) is 1.12. The molecule has 0 unspecified atom stereocenters. The van der Waals surface area contributed by atoms with Gasteiger partial charge < -0.3 is 14.8 Å². The van der Waals surface area contributed by atoms with E-state index in [-0.39, 0.29) is 22.9 Å². The summed E-state index contributed by atoms with van der Waals surface area (Å²) in [5.74, 6) is 1.28. The van der Waals surface area contributed by atoms with Crippen LogP contribution in [0.2, 0.25) is 0 Å². The van der Waals surface area contributed by atoms with E-state index in [1.807, 2.05) is 0 Å². The monoisotopic (exact) mass is 437 g/mol. The molecule has 32 heavy (non-hydrogen) atoms. The molecule has 1 saturated carbocycles. The molecule has 3 aromatic heterocycles. The second-order valence-electron chi connectivity index (χ2n) is 7.95. The van der Waals surface area contributed by atoms with Crippen molar-refractivity contribution >= 4 is 28.6 Å². The third-order valence-electron chi connectivity index (χ3n) is 5.78. The maximum atomic E-state index is 13.3. The minimum Gasteiger partial charge on any atom is -0.490 e. The number of hydrogen-bond acceptors (Lipinski definition) is 8. The second-order valence-corrected chi connectivity index (χ2v) is 7.95. The van der Waals surface area contributed by atoms with Gasteiger partial charge in [0.15, 0.2) is 5.78 Å². The van der Waals surface area contributed by atoms with E-state index in [0.717, 1.165) is 25.7 Å². The summed E-state index contributed by atoms with van der Waals surface area (Å²) in [4.78, 5) is 38.9. The molecule has 0 spiro atoms. The number of pyridine rings is 2. The van der Waals surface area contributed by atoms with Crippen molar-refractivity contribution in [3.05, 3.63) is 46.0 Å². The number of Topliss-reactive ketones (excluding diaryl/α,β-unsaturated/α-hetero) is 1. The Morgan fingerprint density at radius 3 is 2.62 bits per heavy atom. The van der Waals surface area contributed by atoms with Crippen molar-refractivity contribution in [1.29, 1.82) is 0 Å². The van der Waals surface area contributed by atoms with Crippen molar-refractivity contribution in [2.75, 3.05) is 25.6 Å². The number of nitrogens with zero attached hydrogens (tertiary/aromatic N) is 4. The third-order valence-corrected chi connectivity index (χ3v) is 5.78. The van der Waals surface area contributed by atoms with E-state index in [2.05, 4.69) is 20.3 Å². The fourth-order valence-electron chi connectivity index (χ4n) is 4.21. The standard InChI is InChI=1S/C23H27N5O4/c1-14-18-13-25-23(26-19-9-8-17(12-24-19)32-11-10-31-3)27-21(18)28(16-6-4-5-7-16)22(30)20(14)15(2)29/h8-9,12-13,16H,4-7,10-11H2,1-3H3,(H,24,25,26,27). The number of anilines is 2. The fourth-order valence-corrected chi connectivity index (χ4v) is 4.21. The molecule has 0 aromatic carbocycles. The molecule has 0 aliphatic heterocycles. The Bertz CT molecular complexity index is 1180. The lowest BCUT2D eigenvalue weighted by molar-refractivity contribution is 0.101. The quantitative estimate of drug-likeness (QED) is 0.421. The van der Waals surface area contributed by atoms with Crippen molar-refractivity contribution in [2.24, 2.45) is 0 Å². The summed E-state index contributed by atoms with van der Waals surface area (Å²) in [6.45, 7) is 4.15. The number of rotatable bonds is 8. The fraction of sp³-hybridized carbons (Fsp3) is 0.435. The molecule has 9 nitrogen and oxygen atoms in total. The largest absolute Gasteiger partial charge is 0.490 e. The van der Waals surface area contributed by atoms with Crippen LogP contribution < -0.4 is 15.6 Å². The molecule has 0 atom stereocenters. The molecule has 1 N–H and O–H groups in total. The number of ketones is 1. The Balaban J connectivity index is 1.70. The molecule has 3 heterocycles. The molecule has 1 aliphatic carbocycles. The highest BCUT2D eigenvalue weighted by Crippen LogP contribution is 2.32. The van der Waals surface area contributed by atoms with Crippen LogP contribution in [0.4, 0.5) is 11.8 Å². The lowest BCUT2D eigenvalue weighted by atomic mass is 10.0. The van der Waals surface area contributed by atoms with Gasteiger partial charge in [-0.2, -0.15) is 4.98 Å². The summed E-state index contributed by atoms with van der Waals surface area (Å²) < 4.78 is 12.2. The smallest absolute Gasteiger partial charge is 0.263 e. The zero-order chi connectivity index (χ0) is 22.7. The summed E-state index contributed by atoms with van der Waals surface area (Å²) in [5, 5.41) is 3.80. The zero-order valence-electron chi connectivity index (χ0n) is 18.6. The first kappa shape index (κ1) is 21.9. The van der Waals surface area contributed by atoms with E-state index >= 15 is 0 Å². The Morgan fingerprint density at radius 2 is 1.97 bits per heavy atom. The molecule has 3 aromatic rings. The van der Waals surface area contributed by atoms with Gasteiger partial charge in [0.05, 0.1) is 18.4 Å². The maximum Gasteiger partial charge on any atom is 0.263 e. The maximum absolute atomic E-state index is 13.3. The number of aromatic nitrogens is 4. The highest BCUT2D eigenvalue weighted by molar-refractivity contribution is 5.99. The van der Waals surface area contributed by atoms with Gasteiger partial charge in [0.1, 0.15) is 23.8 Å². The first-order chi connectivity index (χ1) is 15.5. The molecule has 9 heteroatoms. The van der Waals surface area contributed by atoms with Crippen LogP contribution in [0.3, 0.4) is 0 Å². The van der Waals surface area contributed by atoms with Gasteiger partial charge in [0.25, 0.3) is 5.56 Å². The molecule has 0 radical (unpaired) electrons. The number of ether oxygens (including phenoxy) is 2. The van der Waals surface area contributed by atoms with Crippen LogP contribution in [-0.4, -0.2) is 45.6 Å². The van der Waals surface area contributed by atoms with Gasteiger partial charge in [-0.1, -0.05) is 12.8 Å². The van der Waals surface area contributed by atoms with Crippen LogP contribution in [0.15, 0.2) is 29.3 Å². The Hall–Kier alpha value is -3.33. The number of aryl methyl sites for hydroxylation is 1. The van der Waals surface area contributed by atoms with Crippen molar-refractivity contribution in [3.63, 3.8) is 0 Å². The number of nitrogens with one attached hydrogen (secondary N) is 1. The van der Waals surface area contributed by atoms with Crippen LogP contribution in [-0.2, 0) is 4.74 Å². The molecule has 0 saturated heterocycles. The molecule has 168 valence electrons. The van der Waals surface area contributed by atoms with E-state index in [1.165, 1.54) is 6.92 Å². The number of fused-ring (bicyclic) bond motifs is 1. The average molecular weight is 438 g/mol. The number of carbonyl (C=O) groups excluding carboxylic acids is 1. The normalized spacial score (nSPS) is 14.1. The van der Waals surface area contributed by atoms with Crippen molar-refractivity contribution in [2.45, 2.75) is 45.6 Å². The lowest BCUT2D eigenvalue weighted by Crippen LogP contribution is -2.30. The summed E-state index contributed by atoms with van der Waals surface area (Å²) in [6.07, 6.45) is 7.18. The molecule has 1 fully saturated rings. The van der Waals surface area contributed by atoms with Crippen molar-refractivity contribution in [1.82, 2.24) is 19.5 Å². The minimum absolute atomic E-state index is 0.0353. The topological polar surface area (TPSA) is 108 Å². The van der Waals surface area contributed by atoms with Crippen LogP contribution in [0.5, 0.6) is 5.75 Å². The summed E-state index contributed by atoms with van der Waals surface area (Å²) in [6, 6.07) is 3.60. The number of carbonyl (C=O) groups is 1. The first-order valence-electron chi connectivity index (χ1n) is 10.8. The predicted octanol–water partition coefficient (Wildman–Crippen LogP) is 3.58. The molecular weight excluding hydrogens is 410 g/mol. The number of methoxy groups -OCH3 is 1. The molecule has 1 aliphatic rings. The summed E-state index contributed by atoms with van der Waals surface area (Å²) in [7, 11) is 1.62. The third kappa shape index (κ3) is 4.34. The van der Waals surface area contributed by atoms with Gasteiger partial charge in [-0.15, -0.1) is 0 Å². The van der Waals surface area contributed by atoms with Gasteiger partial charge in [-0.3, -0.25) is 14.2 Å². The number of hydrogen-bond donors (Lipinski definition) is 1. The van der Waals surface area contributed by atoms with Crippen molar-refractivity contribution < 1.29 is 14.3 Å². The van der Waals surface area contributed by atoms with Crippen molar-refractivity contribution in [3.8, 4) is 5.75 Å². The van der Waals surface area contributed by atoms with E-state index in [9.17, 15) is 9.59 Å². The van der Waals surface area contributed by atoms with Crippen LogP contribution in [0.1, 0.15) is 54.6 Å². The van der Waals surface area contributed by atoms with Gasteiger partial charge >= 0.3 is 0 Å². The average Bonchev–Trinajstić information content (AvgIpc) is 3.29. The molecule has 0 bridgehead atoms. The van der Waals surface area contributed by atoms with E-state index in [0.29, 0.717) is 47.3 Å². The minimum atomic E-state index is -0.269. The van der Waals surface area contributed by atoms with Crippen LogP contribution in [0.25, 0.3) is 11.0 Å². The lowest BCUT2D eigenvalue weighted by Gasteiger charge is -2.19. The second kappa shape index (κ2) is 9.44. The van der Waals surface area contributed by atoms with E-state index in [4.69, 9.17) is 9.47 Å². The van der Waals surface area contributed by atoms with Gasteiger partial charge in [-0.25, -0.2) is 9.97 Å². The highest BCUT2D eigenvalue weighted by Gasteiger charge is 2.25. The van der Waals surface area contributed by atoms with Gasteiger partial charge in [0, 0.05) is 24.7 Å². The Kier molecular flexibility index (Phi) is 6.45. The Labute approximate surface area is 185 Å². The van der Waals surface area contributed by atoms with E-state index in [1.54, 1.807) is 43.1 Å². The van der Waals surface area contributed by atoms with E-state index < -0.39 is 0 Å². The molecule has 0 amide bonds. The predicted molar refractivity (Wildman–Crippen MR) is 121 cm³/mol. The molecular formula is C23H27N5O4. The SMILES string of the molecule is COCCOc1ccc(Nc2ncc3c(C)c(C(C)=O)c(=O)n(C4CCCC4)c3n2)nc1. The van der Waals surface area contributed by atoms with Gasteiger partial charge in [-0.05, 0) is 44.4 Å².